The van der Waals surface area contributed by atoms with Crippen LogP contribution < -0.4 is 10.2 Å². The molecular formula is C25H21FN4O2S. The summed E-state index contributed by atoms with van der Waals surface area (Å²) in [5, 5.41) is 3.66. The van der Waals surface area contributed by atoms with Crippen LogP contribution in [0.3, 0.4) is 0 Å². The predicted molar refractivity (Wildman–Crippen MR) is 129 cm³/mol. The Morgan fingerprint density at radius 1 is 0.909 bits per heavy atom. The first kappa shape index (κ1) is 21.1. The van der Waals surface area contributed by atoms with Gasteiger partial charge >= 0.3 is 0 Å². The Balaban J connectivity index is 1.26. The van der Waals surface area contributed by atoms with Gasteiger partial charge in [0.1, 0.15) is 11.5 Å². The lowest BCUT2D eigenvalue weighted by atomic mass is 10.1. The van der Waals surface area contributed by atoms with Crippen LogP contribution in [0.1, 0.15) is 20.8 Å². The second-order valence-electron chi connectivity index (χ2n) is 7.79. The van der Waals surface area contributed by atoms with Crippen LogP contribution in [0, 0.1) is 5.82 Å². The second-order valence-corrected chi connectivity index (χ2v) is 8.60. The molecule has 0 radical (unpaired) electrons. The Morgan fingerprint density at radius 3 is 2.48 bits per heavy atom. The van der Waals surface area contributed by atoms with E-state index < -0.39 is 0 Å². The van der Waals surface area contributed by atoms with Crippen molar-refractivity contribution in [1.82, 2.24) is 9.27 Å². The van der Waals surface area contributed by atoms with Gasteiger partial charge in [0.15, 0.2) is 0 Å². The fraction of sp³-hybridized carbons (Fsp3) is 0.160. The SMILES string of the molecule is O=C(Nc1cccc(C(=O)N2CCN(c3ccccc3F)CC2)c1)c1nsc2ccccc12. The van der Waals surface area contributed by atoms with Gasteiger partial charge in [-0.25, -0.2) is 4.39 Å². The molecule has 1 fully saturated rings. The highest BCUT2D eigenvalue weighted by molar-refractivity contribution is 7.13. The molecule has 1 N–H and O–H groups in total. The van der Waals surface area contributed by atoms with Gasteiger partial charge in [0.05, 0.1) is 10.4 Å². The number of para-hydroxylation sites is 1. The van der Waals surface area contributed by atoms with Crippen LogP contribution in [0.5, 0.6) is 0 Å². The molecule has 5 rings (SSSR count). The van der Waals surface area contributed by atoms with E-state index in [0.717, 1.165) is 10.1 Å². The van der Waals surface area contributed by atoms with Gasteiger partial charge in [-0.05, 0) is 47.9 Å². The zero-order valence-electron chi connectivity index (χ0n) is 17.7. The maximum absolute atomic E-state index is 14.1. The molecule has 3 aromatic carbocycles. The molecule has 0 aliphatic carbocycles. The number of nitrogens with one attached hydrogen (secondary N) is 1. The summed E-state index contributed by atoms with van der Waals surface area (Å²) in [6.07, 6.45) is 0. The lowest BCUT2D eigenvalue weighted by Crippen LogP contribution is -2.49. The molecule has 0 spiro atoms. The van der Waals surface area contributed by atoms with E-state index in [1.807, 2.05) is 35.2 Å². The molecule has 1 aliphatic rings. The maximum Gasteiger partial charge on any atom is 0.276 e. The Morgan fingerprint density at radius 2 is 1.67 bits per heavy atom. The van der Waals surface area contributed by atoms with Gasteiger partial charge in [-0.15, -0.1) is 0 Å². The van der Waals surface area contributed by atoms with Gasteiger partial charge in [-0.2, -0.15) is 4.37 Å². The number of rotatable bonds is 4. The van der Waals surface area contributed by atoms with Crippen molar-refractivity contribution in [2.75, 3.05) is 36.4 Å². The maximum atomic E-state index is 14.1. The summed E-state index contributed by atoms with van der Waals surface area (Å²) < 4.78 is 19.3. The van der Waals surface area contributed by atoms with Crippen molar-refractivity contribution in [3.8, 4) is 0 Å². The van der Waals surface area contributed by atoms with Crippen LogP contribution in [0.4, 0.5) is 15.8 Å². The number of aromatic nitrogens is 1. The number of amides is 2. The van der Waals surface area contributed by atoms with Crippen LogP contribution in [-0.4, -0.2) is 47.3 Å². The summed E-state index contributed by atoms with van der Waals surface area (Å²) in [5.41, 5.74) is 1.96. The number of anilines is 2. The summed E-state index contributed by atoms with van der Waals surface area (Å²) in [5.74, 6) is -0.678. The minimum absolute atomic E-state index is 0.113. The van der Waals surface area contributed by atoms with Crippen molar-refractivity contribution in [2.45, 2.75) is 0 Å². The van der Waals surface area contributed by atoms with E-state index in [9.17, 15) is 14.0 Å². The van der Waals surface area contributed by atoms with E-state index in [-0.39, 0.29) is 17.6 Å². The largest absolute Gasteiger partial charge is 0.366 e. The molecule has 2 amide bonds. The van der Waals surface area contributed by atoms with E-state index in [4.69, 9.17) is 0 Å². The van der Waals surface area contributed by atoms with Gasteiger partial charge in [0.25, 0.3) is 11.8 Å². The minimum Gasteiger partial charge on any atom is -0.366 e. The van der Waals surface area contributed by atoms with Gasteiger partial charge < -0.3 is 15.1 Å². The van der Waals surface area contributed by atoms with Crippen molar-refractivity contribution in [3.63, 3.8) is 0 Å². The van der Waals surface area contributed by atoms with Crippen molar-refractivity contribution in [1.29, 1.82) is 0 Å². The van der Waals surface area contributed by atoms with E-state index in [0.29, 0.717) is 48.8 Å². The van der Waals surface area contributed by atoms with E-state index in [1.54, 1.807) is 41.3 Å². The highest BCUT2D eigenvalue weighted by atomic mass is 32.1. The number of piperazine rings is 1. The molecule has 0 atom stereocenters. The average Bonchev–Trinajstić information content (AvgIpc) is 3.29. The molecular weight excluding hydrogens is 439 g/mol. The number of nitrogens with zero attached hydrogens (tertiary/aromatic N) is 3. The summed E-state index contributed by atoms with van der Waals surface area (Å²) in [6.45, 7) is 2.10. The number of benzene rings is 3. The average molecular weight is 461 g/mol. The zero-order chi connectivity index (χ0) is 22.8. The van der Waals surface area contributed by atoms with E-state index in [1.165, 1.54) is 17.6 Å². The first-order chi connectivity index (χ1) is 16.1. The fourth-order valence-electron chi connectivity index (χ4n) is 4.01. The second kappa shape index (κ2) is 8.99. The van der Waals surface area contributed by atoms with Crippen molar-refractivity contribution in [3.05, 3.63) is 89.9 Å². The number of carbonyl (C=O) groups is 2. The Labute approximate surface area is 194 Å². The quantitative estimate of drug-likeness (QED) is 0.482. The Kier molecular flexibility index (Phi) is 5.75. The monoisotopic (exact) mass is 460 g/mol. The highest BCUT2D eigenvalue weighted by Gasteiger charge is 2.24. The first-order valence-electron chi connectivity index (χ1n) is 10.6. The van der Waals surface area contributed by atoms with Crippen LogP contribution in [0.25, 0.3) is 10.1 Å². The predicted octanol–water partition coefficient (Wildman–Crippen LogP) is 4.65. The summed E-state index contributed by atoms with van der Waals surface area (Å²) >= 11 is 1.28. The molecule has 1 saturated heterocycles. The van der Waals surface area contributed by atoms with Crippen molar-refractivity contribution >= 4 is 44.8 Å². The Hall–Kier alpha value is -3.78. The molecule has 8 heteroatoms. The third kappa shape index (κ3) is 4.29. The number of fused-ring (bicyclic) bond motifs is 1. The molecule has 0 bridgehead atoms. The zero-order valence-corrected chi connectivity index (χ0v) is 18.5. The minimum atomic E-state index is -0.310. The lowest BCUT2D eigenvalue weighted by Gasteiger charge is -2.36. The normalized spacial score (nSPS) is 13.8. The van der Waals surface area contributed by atoms with Crippen LogP contribution in [0.2, 0.25) is 0 Å². The summed E-state index contributed by atoms with van der Waals surface area (Å²) in [4.78, 5) is 29.5. The molecule has 0 unspecified atom stereocenters. The highest BCUT2D eigenvalue weighted by Crippen LogP contribution is 2.24. The van der Waals surface area contributed by atoms with Crippen LogP contribution >= 0.6 is 11.5 Å². The first-order valence-corrected chi connectivity index (χ1v) is 11.4. The molecule has 0 saturated carbocycles. The smallest absolute Gasteiger partial charge is 0.276 e. The molecule has 166 valence electrons. The number of halogens is 1. The number of hydrogen-bond acceptors (Lipinski definition) is 5. The number of carbonyl (C=O) groups excluding carboxylic acids is 2. The van der Waals surface area contributed by atoms with E-state index >= 15 is 0 Å². The molecule has 6 nitrogen and oxygen atoms in total. The van der Waals surface area contributed by atoms with Crippen LogP contribution in [-0.2, 0) is 0 Å². The summed E-state index contributed by atoms with van der Waals surface area (Å²) in [7, 11) is 0. The third-order valence-corrected chi connectivity index (χ3v) is 6.55. The fourth-order valence-corrected chi connectivity index (χ4v) is 4.78. The van der Waals surface area contributed by atoms with Gasteiger partial charge in [-0.1, -0.05) is 36.4 Å². The van der Waals surface area contributed by atoms with Crippen molar-refractivity contribution in [2.24, 2.45) is 0 Å². The number of hydrogen-bond donors (Lipinski definition) is 1. The molecule has 1 aliphatic heterocycles. The molecule has 4 aromatic rings. The van der Waals surface area contributed by atoms with Crippen LogP contribution in [0.15, 0.2) is 72.8 Å². The molecule has 2 heterocycles. The van der Waals surface area contributed by atoms with E-state index in [2.05, 4.69) is 9.69 Å². The standard InChI is InChI=1S/C25H21FN4O2S/c26-20-9-2-3-10-21(20)29-12-14-30(15-13-29)25(32)17-6-5-7-18(16-17)27-24(31)23-19-8-1-4-11-22(19)33-28-23/h1-11,16H,12-15H2,(H,27,31). The lowest BCUT2D eigenvalue weighted by molar-refractivity contribution is 0.0746. The summed E-state index contributed by atoms with van der Waals surface area (Å²) in [6, 6.07) is 21.2. The van der Waals surface area contributed by atoms with Crippen molar-refractivity contribution < 1.29 is 14.0 Å². The van der Waals surface area contributed by atoms with Gasteiger partial charge in [0, 0.05) is 42.8 Å². The topological polar surface area (TPSA) is 65.5 Å². The molecule has 33 heavy (non-hydrogen) atoms. The Bertz CT molecular complexity index is 1330. The van der Waals surface area contributed by atoms with Gasteiger partial charge in [-0.3, -0.25) is 9.59 Å². The van der Waals surface area contributed by atoms with Gasteiger partial charge in [0.2, 0.25) is 0 Å². The molecule has 1 aromatic heterocycles. The third-order valence-electron chi connectivity index (χ3n) is 5.72.